The van der Waals surface area contributed by atoms with Crippen molar-refractivity contribution in [1.29, 1.82) is 0 Å². The van der Waals surface area contributed by atoms with Crippen molar-refractivity contribution in [3.05, 3.63) is 29.8 Å². The minimum atomic E-state index is 0.840. The molecular weight excluding hydrogens is 160 g/mol. The maximum atomic E-state index is 5.75. The molecule has 0 unspecified atom stereocenters. The number of nitrogens with zero attached hydrogens (tertiary/aromatic N) is 1. The molecule has 2 rings (SSSR count). The number of anilines is 2. The summed E-state index contributed by atoms with van der Waals surface area (Å²) < 4.78 is 0. The van der Waals surface area contributed by atoms with Gasteiger partial charge in [0.15, 0.2) is 0 Å². The summed E-state index contributed by atoms with van der Waals surface area (Å²) in [5, 5.41) is 0. The van der Waals surface area contributed by atoms with Crippen LogP contribution in [-0.2, 0) is 0 Å². The van der Waals surface area contributed by atoms with Crippen LogP contribution >= 0.6 is 0 Å². The van der Waals surface area contributed by atoms with Crippen LogP contribution in [0.1, 0.15) is 12.5 Å². The molecule has 0 atom stereocenters. The van der Waals surface area contributed by atoms with Crippen molar-refractivity contribution in [3.8, 4) is 0 Å². The van der Waals surface area contributed by atoms with Gasteiger partial charge in [-0.15, -0.1) is 0 Å². The highest BCUT2D eigenvalue weighted by atomic mass is 15.1. The molecule has 0 bridgehead atoms. The van der Waals surface area contributed by atoms with Crippen LogP contribution in [0.3, 0.4) is 0 Å². The molecule has 2 nitrogen and oxygen atoms in total. The van der Waals surface area contributed by atoms with Crippen LogP contribution in [-0.4, -0.2) is 13.1 Å². The Bertz CT molecular complexity index is 342. The van der Waals surface area contributed by atoms with E-state index in [9.17, 15) is 0 Å². The average Bonchev–Trinajstić information content (AvgIpc) is 2.17. The normalized spacial score (nSPS) is 14.4. The van der Waals surface area contributed by atoms with Gasteiger partial charge < -0.3 is 10.6 Å². The number of hydrogen-bond acceptors (Lipinski definition) is 2. The van der Waals surface area contributed by atoms with Crippen LogP contribution in [0.25, 0.3) is 6.08 Å². The molecule has 0 spiro atoms. The third-order valence-corrected chi connectivity index (χ3v) is 2.40. The largest absolute Gasteiger partial charge is 0.399 e. The standard InChI is InChI=1S/C11H14N2/c1-2-13-7-3-4-9-5-6-10(12)8-11(9)13/h3-6,8H,2,7,12H2,1H3. The van der Waals surface area contributed by atoms with Gasteiger partial charge in [0, 0.05) is 24.5 Å². The summed E-state index contributed by atoms with van der Waals surface area (Å²) in [5.41, 5.74) is 9.11. The smallest absolute Gasteiger partial charge is 0.0463 e. The van der Waals surface area contributed by atoms with E-state index in [0.717, 1.165) is 18.8 Å². The highest BCUT2D eigenvalue weighted by Gasteiger charge is 2.10. The molecule has 0 saturated heterocycles. The Morgan fingerprint density at radius 2 is 2.31 bits per heavy atom. The van der Waals surface area contributed by atoms with Gasteiger partial charge in [0.25, 0.3) is 0 Å². The first-order chi connectivity index (χ1) is 6.31. The fourth-order valence-corrected chi connectivity index (χ4v) is 1.68. The highest BCUT2D eigenvalue weighted by molar-refractivity contribution is 5.74. The van der Waals surface area contributed by atoms with E-state index in [2.05, 4.69) is 30.0 Å². The Morgan fingerprint density at radius 1 is 1.46 bits per heavy atom. The molecule has 1 aromatic carbocycles. The molecule has 1 aliphatic rings. The molecule has 0 amide bonds. The highest BCUT2D eigenvalue weighted by Crippen LogP contribution is 2.27. The van der Waals surface area contributed by atoms with Crippen LogP contribution in [0.4, 0.5) is 11.4 Å². The van der Waals surface area contributed by atoms with Gasteiger partial charge in [-0.1, -0.05) is 18.2 Å². The average molecular weight is 174 g/mol. The fourth-order valence-electron chi connectivity index (χ4n) is 1.68. The third kappa shape index (κ3) is 1.39. The SMILES string of the molecule is CCN1CC=Cc2ccc(N)cc21. The van der Waals surface area contributed by atoms with Crippen molar-refractivity contribution in [2.75, 3.05) is 23.7 Å². The van der Waals surface area contributed by atoms with Crippen molar-refractivity contribution in [2.45, 2.75) is 6.92 Å². The topological polar surface area (TPSA) is 29.3 Å². The second kappa shape index (κ2) is 3.13. The van der Waals surface area contributed by atoms with Crippen LogP contribution in [0.5, 0.6) is 0 Å². The summed E-state index contributed by atoms with van der Waals surface area (Å²) in [7, 11) is 0. The van der Waals surface area contributed by atoms with E-state index >= 15 is 0 Å². The molecule has 2 N–H and O–H groups in total. The summed E-state index contributed by atoms with van der Waals surface area (Å²) in [6, 6.07) is 6.06. The zero-order chi connectivity index (χ0) is 9.26. The number of benzene rings is 1. The van der Waals surface area contributed by atoms with Gasteiger partial charge in [-0.25, -0.2) is 0 Å². The van der Waals surface area contributed by atoms with E-state index in [1.165, 1.54) is 11.3 Å². The van der Waals surface area contributed by atoms with E-state index in [4.69, 9.17) is 5.73 Å². The van der Waals surface area contributed by atoms with Crippen LogP contribution < -0.4 is 10.6 Å². The summed E-state index contributed by atoms with van der Waals surface area (Å²) in [4.78, 5) is 2.31. The lowest BCUT2D eigenvalue weighted by molar-refractivity contribution is 0.899. The zero-order valence-corrected chi connectivity index (χ0v) is 7.83. The molecule has 1 aromatic rings. The molecule has 0 aromatic heterocycles. The first-order valence-electron chi connectivity index (χ1n) is 4.62. The predicted octanol–water partition coefficient (Wildman–Crippen LogP) is 2.12. The second-order valence-electron chi connectivity index (χ2n) is 3.26. The van der Waals surface area contributed by atoms with Crippen LogP contribution in [0.15, 0.2) is 24.3 Å². The van der Waals surface area contributed by atoms with Gasteiger partial charge in [-0.05, 0) is 24.6 Å². The van der Waals surface area contributed by atoms with E-state index in [1.54, 1.807) is 0 Å². The summed E-state index contributed by atoms with van der Waals surface area (Å²) in [6.45, 7) is 4.18. The van der Waals surface area contributed by atoms with Crippen LogP contribution in [0, 0.1) is 0 Å². The maximum absolute atomic E-state index is 5.75. The lowest BCUT2D eigenvalue weighted by atomic mass is 10.1. The summed E-state index contributed by atoms with van der Waals surface area (Å²) >= 11 is 0. The molecule has 0 radical (unpaired) electrons. The van der Waals surface area contributed by atoms with Gasteiger partial charge in [0.1, 0.15) is 0 Å². The quantitative estimate of drug-likeness (QED) is 0.661. The number of nitrogen functional groups attached to an aromatic ring is 1. The minimum absolute atomic E-state index is 0.840. The van der Waals surface area contributed by atoms with E-state index in [1.807, 2.05) is 12.1 Å². The van der Waals surface area contributed by atoms with Crippen molar-refractivity contribution < 1.29 is 0 Å². The fraction of sp³-hybridized carbons (Fsp3) is 0.273. The van der Waals surface area contributed by atoms with E-state index in [0.29, 0.717) is 0 Å². The van der Waals surface area contributed by atoms with E-state index < -0.39 is 0 Å². The van der Waals surface area contributed by atoms with Gasteiger partial charge in [-0.2, -0.15) is 0 Å². The molecule has 2 heteroatoms. The predicted molar refractivity (Wildman–Crippen MR) is 57.8 cm³/mol. The molecule has 13 heavy (non-hydrogen) atoms. The number of hydrogen-bond donors (Lipinski definition) is 1. The zero-order valence-electron chi connectivity index (χ0n) is 7.83. The number of rotatable bonds is 1. The summed E-state index contributed by atoms with van der Waals surface area (Å²) in [6.07, 6.45) is 4.34. The van der Waals surface area contributed by atoms with Gasteiger partial charge in [-0.3, -0.25) is 0 Å². The van der Waals surface area contributed by atoms with Crippen LogP contribution in [0.2, 0.25) is 0 Å². The van der Waals surface area contributed by atoms with Gasteiger partial charge >= 0.3 is 0 Å². The molecule has 1 aliphatic heterocycles. The first-order valence-corrected chi connectivity index (χ1v) is 4.62. The Balaban J connectivity index is 2.48. The Kier molecular flexibility index (Phi) is 1.97. The number of likely N-dealkylation sites (N-methyl/N-ethyl adjacent to an activating group) is 1. The van der Waals surface area contributed by atoms with Crippen molar-refractivity contribution in [2.24, 2.45) is 0 Å². The number of nitrogens with two attached hydrogens (primary N) is 1. The molecular formula is C11H14N2. The second-order valence-corrected chi connectivity index (χ2v) is 3.26. The molecule has 0 fully saturated rings. The maximum Gasteiger partial charge on any atom is 0.0463 e. The van der Waals surface area contributed by atoms with Crippen molar-refractivity contribution in [3.63, 3.8) is 0 Å². The Morgan fingerprint density at radius 3 is 3.08 bits per heavy atom. The number of fused-ring (bicyclic) bond motifs is 1. The first kappa shape index (κ1) is 8.17. The van der Waals surface area contributed by atoms with E-state index in [-0.39, 0.29) is 0 Å². The third-order valence-electron chi connectivity index (χ3n) is 2.40. The molecule has 1 heterocycles. The molecule has 0 saturated carbocycles. The Labute approximate surface area is 78.7 Å². The van der Waals surface area contributed by atoms with Gasteiger partial charge in [0.05, 0.1) is 0 Å². The lowest BCUT2D eigenvalue weighted by Gasteiger charge is -2.26. The monoisotopic (exact) mass is 174 g/mol. The molecule has 0 aliphatic carbocycles. The molecule has 68 valence electrons. The summed E-state index contributed by atoms with van der Waals surface area (Å²) in [5.74, 6) is 0. The van der Waals surface area contributed by atoms with Crippen molar-refractivity contribution >= 4 is 17.5 Å². The van der Waals surface area contributed by atoms with Gasteiger partial charge in [0.2, 0.25) is 0 Å². The minimum Gasteiger partial charge on any atom is -0.399 e. The van der Waals surface area contributed by atoms with Crippen molar-refractivity contribution in [1.82, 2.24) is 0 Å². The lowest BCUT2D eigenvalue weighted by Crippen LogP contribution is -2.25. The Hall–Kier alpha value is -1.44.